The summed E-state index contributed by atoms with van der Waals surface area (Å²) >= 11 is 0. The zero-order chi connectivity index (χ0) is 14.8. The second-order valence-electron chi connectivity index (χ2n) is 4.92. The minimum absolute atomic E-state index is 0.0993. The number of nitrogens with zero attached hydrogens (tertiary/aromatic N) is 2. The lowest BCUT2D eigenvalue weighted by molar-refractivity contribution is 0.0784. The number of aromatic nitrogens is 2. The van der Waals surface area contributed by atoms with Crippen molar-refractivity contribution in [2.75, 3.05) is 7.11 Å². The van der Waals surface area contributed by atoms with Crippen LogP contribution in [0.2, 0.25) is 0 Å². The molecule has 1 aliphatic carbocycles. The van der Waals surface area contributed by atoms with E-state index in [9.17, 15) is 9.59 Å². The van der Waals surface area contributed by atoms with Gasteiger partial charge >= 0.3 is 0 Å². The lowest BCUT2D eigenvalue weighted by Crippen LogP contribution is -2.30. The van der Waals surface area contributed by atoms with Crippen LogP contribution in [0.25, 0.3) is 0 Å². The number of aryl methyl sites for hydroxylation is 1. The maximum atomic E-state index is 12.6. The number of methoxy groups -OCH3 is 1. The molecule has 0 saturated carbocycles. The van der Waals surface area contributed by atoms with Gasteiger partial charge in [0.15, 0.2) is 11.6 Å². The van der Waals surface area contributed by atoms with E-state index in [1.165, 1.54) is 12.4 Å². The van der Waals surface area contributed by atoms with Gasteiger partial charge in [-0.3, -0.25) is 9.59 Å². The van der Waals surface area contributed by atoms with Gasteiger partial charge in [0.1, 0.15) is 5.75 Å². The highest BCUT2D eigenvalue weighted by Gasteiger charge is 2.34. The van der Waals surface area contributed by atoms with Crippen molar-refractivity contribution in [1.29, 1.82) is 0 Å². The van der Waals surface area contributed by atoms with E-state index in [2.05, 4.69) is 9.97 Å². The number of ketones is 2. The number of hydrogen-bond donors (Lipinski definition) is 0. The summed E-state index contributed by atoms with van der Waals surface area (Å²) in [5.74, 6) is -0.470. The molecular formula is C16H14N2O3. The van der Waals surface area contributed by atoms with Gasteiger partial charge < -0.3 is 4.74 Å². The summed E-state index contributed by atoms with van der Waals surface area (Å²) in [6, 6.07) is 7.04. The smallest absolute Gasteiger partial charge is 0.210 e. The summed E-state index contributed by atoms with van der Waals surface area (Å²) < 4.78 is 5.15. The molecule has 0 saturated heterocycles. The van der Waals surface area contributed by atoms with Crippen LogP contribution in [0.4, 0.5) is 0 Å². The van der Waals surface area contributed by atoms with Gasteiger partial charge in [-0.2, -0.15) is 0 Å². The molecule has 1 aromatic carbocycles. The SMILES string of the molecule is COc1ccc2c(c1)C(=O)C(C(=O)c1ncccn1)CC2. The largest absolute Gasteiger partial charge is 0.497 e. The van der Waals surface area contributed by atoms with Crippen molar-refractivity contribution in [3.8, 4) is 5.75 Å². The van der Waals surface area contributed by atoms with E-state index < -0.39 is 5.92 Å². The van der Waals surface area contributed by atoms with Gasteiger partial charge in [0.25, 0.3) is 0 Å². The predicted octanol–water partition coefficient (Wildman–Crippen LogP) is 2.11. The zero-order valence-corrected chi connectivity index (χ0v) is 11.6. The summed E-state index contributed by atoms with van der Waals surface area (Å²) in [6.07, 6.45) is 4.19. The van der Waals surface area contributed by atoms with Crippen LogP contribution in [-0.2, 0) is 6.42 Å². The van der Waals surface area contributed by atoms with Gasteiger partial charge in [0, 0.05) is 18.0 Å². The molecule has 3 rings (SSSR count). The fraction of sp³-hybridized carbons (Fsp3) is 0.250. The van der Waals surface area contributed by atoms with Crippen LogP contribution < -0.4 is 4.74 Å². The molecule has 1 aromatic heterocycles. The molecule has 2 aromatic rings. The van der Waals surface area contributed by atoms with Crippen molar-refractivity contribution in [3.05, 3.63) is 53.6 Å². The van der Waals surface area contributed by atoms with Crippen LogP contribution in [0.1, 0.15) is 33.0 Å². The Labute approximate surface area is 122 Å². The Kier molecular flexibility index (Phi) is 3.48. The summed E-state index contributed by atoms with van der Waals surface area (Å²) in [7, 11) is 1.55. The van der Waals surface area contributed by atoms with Gasteiger partial charge in [0.2, 0.25) is 5.78 Å². The molecule has 0 amide bonds. The van der Waals surface area contributed by atoms with Crippen LogP contribution in [0, 0.1) is 5.92 Å². The summed E-state index contributed by atoms with van der Waals surface area (Å²) in [5, 5.41) is 0. The predicted molar refractivity (Wildman–Crippen MR) is 75.5 cm³/mol. The van der Waals surface area contributed by atoms with Crippen LogP contribution in [0.5, 0.6) is 5.75 Å². The van der Waals surface area contributed by atoms with Crippen molar-refractivity contribution in [2.24, 2.45) is 5.92 Å². The van der Waals surface area contributed by atoms with Crippen LogP contribution in [0.3, 0.4) is 0 Å². The molecule has 0 N–H and O–H groups in total. The Morgan fingerprint density at radius 3 is 2.76 bits per heavy atom. The third-order valence-corrected chi connectivity index (χ3v) is 3.70. The molecule has 106 valence electrons. The molecule has 0 radical (unpaired) electrons. The summed E-state index contributed by atoms with van der Waals surface area (Å²) in [5.41, 5.74) is 1.52. The first-order valence-corrected chi connectivity index (χ1v) is 6.73. The highest BCUT2D eigenvalue weighted by Crippen LogP contribution is 2.30. The monoisotopic (exact) mass is 282 g/mol. The van der Waals surface area contributed by atoms with Crippen molar-refractivity contribution in [1.82, 2.24) is 9.97 Å². The maximum absolute atomic E-state index is 12.6. The molecular weight excluding hydrogens is 268 g/mol. The third-order valence-electron chi connectivity index (χ3n) is 3.70. The highest BCUT2D eigenvalue weighted by atomic mass is 16.5. The topological polar surface area (TPSA) is 69.2 Å². The Balaban J connectivity index is 1.93. The first-order valence-electron chi connectivity index (χ1n) is 6.73. The molecule has 1 unspecified atom stereocenters. The quantitative estimate of drug-likeness (QED) is 0.637. The van der Waals surface area contributed by atoms with E-state index in [4.69, 9.17) is 4.74 Å². The Morgan fingerprint density at radius 2 is 2.05 bits per heavy atom. The van der Waals surface area contributed by atoms with Gasteiger partial charge in [-0.05, 0) is 36.6 Å². The summed E-state index contributed by atoms with van der Waals surface area (Å²) in [6.45, 7) is 0. The van der Waals surface area contributed by atoms with Crippen molar-refractivity contribution < 1.29 is 14.3 Å². The number of Topliss-reactive ketones (excluding diaryl/α,β-unsaturated/α-hetero) is 2. The minimum atomic E-state index is -0.702. The fourth-order valence-corrected chi connectivity index (χ4v) is 2.58. The van der Waals surface area contributed by atoms with Crippen molar-refractivity contribution in [3.63, 3.8) is 0 Å². The second-order valence-corrected chi connectivity index (χ2v) is 4.92. The Morgan fingerprint density at radius 1 is 1.29 bits per heavy atom. The number of carbonyl (C=O) groups is 2. The number of benzene rings is 1. The fourth-order valence-electron chi connectivity index (χ4n) is 2.58. The van der Waals surface area contributed by atoms with Gasteiger partial charge in [0.05, 0.1) is 13.0 Å². The standard InChI is InChI=1S/C16H14N2O3/c1-21-11-5-3-10-4-6-12(14(19)13(10)9-11)15(20)16-17-7-2-8-18-16/h2-3,5,7-9,12H,4,6H2,1H3. The van der Waals surface area contributed by atoms with E-state index in [1.807, 2.05) is 12.1 Å². The summed E-state index contributed by atoms with van der Waals surface area (Å²) in [4.78, 5) is 32.8. The molecule has 0 bridgehead atoms. The first-order chi connectivity index (χ1) is 10.2. The van der Waals surface area contributed by atoms with Crippen molar-refractivity contribution >= 4 is 11.6 Å². The minimum Gasteiger partial charge on any atom is -0.497 e. The van der Waals surface area contributed by atoms with Crippen LogP contribution in [-0.4, -0.2) is 28.6 Å². The van der Waals surface area contributed by atoms with E-state index in [1.54, 1.807) is 19.2 Å². The number of hydrogen-bond acceptors (Lipinski definition) is 5. The molecule has 1 heterocycles. The van der Waals surface area contributed by atoms with Gasteiger partial charge in [-0.15, -0.1) is 0 Å². The van der Waals surface area contributed by atoms with Crippen molar-refractivity contribution in [2.45, 2.75) is 12.8 Å². The van der Waals surface area contributed by atoms with Gasteiger partial charge in [-0.1, -0.05) is 6.07 Å². The maximum Gasteiger partial charge on any atom is 0.210 e. The number of fused-ring (bicyclic) bond motifs is 1. The zero-order valence-electron chi connectivity index (χ0n) is 11.6. The number of ether oxygens (including phenoxy) is 1. The highest BCUT2D eigenvalue weighted by molar-refractivity contribution is 6.16. The van der Waals surface area contributed by atoms with E-state index >= 15 is 0 Å². The van der Waals surface area contributed by atoms with E-state index in [0.717, 1.165) is 5.56 Å². The molecule has 1 atom stereocenters. The van der Waals surface area contributed by atoms with E-state index in [0.29, 0.717) is 24.2 Å². The Hall–Kier alpha value is -2.56. The first kappa shape index (κ1) is 13.4. The van der Waals surface area contributed by atoms with Crippen LogP contribution in [0.15, 0.2) is 36.7 Å². The molecule has 21 heavy (non-hydrogen) atoms. The third kappa shape index (κ3) is 2.42. The van der Waals surface area contributed by atoms with E-state index in [-0.39, 0.29) is 17.4 Å². The average Bonchev–Trinajstić information content (AvgIpc) is 2.55. The lowest BCUT2D eigenvalue weighted by atomic mass is 9.80. The second kappa shape index (κ2) is 5.44. The average molecular weight is 282 g/mol. The molecule has 5 nitrogen and oxygen atoms in total. The molecule has 1 aliphatic rings. The molecule has 0 fully saturated rings. The molecule has 5 heteroatoms. The molecule has 0 aliphatic heterocycles. The Bertz CT molecular complexity index is 698. The number of carbonyl (C=O) groups excluding carboxylic acids is 2. The number of rotatable bonds is 3. The lowest BCUT2D eigenvalue weighted by Gasteiger charge is -2.22. The van der Waals surface area contributed by atoms with Crippen LogP contribution >= 0.6 is 0 Å². The molecule has 0 spiro atoms. The normalized spacial score (nSPS) is 17.2. The van der Waals surface area contributed by atoms with Gasteiger partial charge in [-0.25, -0.2) is 9.97 Å².